The normalized spacial score (nSPS) is 18.1. The van der Waals surface area contributed by atoms with Crippen LogP contribution >= 0.6 is 22.7 Å². The number of carbonyl (C=O) groups excluding carboxylic acids is 6. The van der Waals surface area contributed by atoms with Gasteiger partial charge in [-0.15, -0.1) is 22.7 Å². The van der Waals surface area contributed by atoms with E-state index in [1.165, 1.54) is 9.80 Å². The molecule has 2 aromatic heterocycles. The number of β-amino-alcohol motifs (C(OH)–C–C–N with tert-alkyl or cyclic N) is 2. The number of aliphatic hydroxyl groups is 2. The number of amides is 6. The number of hydrogen-bond acceptors (Lipinski definition) is 16. The van der Waals surface area contributed by atoms with Crippen molar-refractivity contribution in [2.45, 2.75) is 118 Å². The zero-order chi connectivity index (χ0) is 55.7. The lowest BCUT2D eigenvalue weighted by Crippen LogP contribution is -2.58. The van der Waals surface area contributed by atoms with Crippen molar-refractivity contribution in [3.8, 4) is 20.9 Å². The summed E-state index contributed by atoms with van der Waals surface area (Å²) in [6, 6.07) is 12.1. The first-order chi connectivity index (χ1) is 36.0. The first-order valence-electron chi connectivity index (χ1n) is 25.0. The molecular formula is C52H72N12O10S2. The smallest absolute Gasteiger partial charge is 0.246 e. The molecule has 412 valence electrons. The van der Waals surface area contributed by atoms with Crippen LogP contribution in [0.1, 0.15) is 76.9 Å². The monoisotopic (exact) mass is 1090 g/mol. The van der Waals surface area contributed by atoms with E-state index in [1.54, 1.807) is 49.0 Å². The fourth-order valence-electron chi connectivity index (χ4n) is 8.53. The third-order valence-electron chi connectivity index (χ3n) is 12.6. The highest BCUT2D eigenvalue weighted by molar-refractivity contribution is 7.13. The van der Waals surface area contributed by atoms with E-state index in [-0.39, 0.29) is 90.4 Å². The number of hydrogen-bond donors (Lipinski definition) is 7. The summed E-state index contributed by atoms with van der Waals surface area (Å²) in [5.41, 5.74) is 21.9. The van der Waals surface area contributed by atoms with Crippen LogP contribution in [0.15, 0.2) is 64.7 Å². The van der Waals surface area contributed by atoms with Crippen LogP contribution in [0.5, 0.6) is 0 Å². The number of thiazole rings is 2. The molecule has 2 aliphatic heterocycles. The van der Waals surface area contributed by atoms with Gasteiger partial charge in [0.2, 0.25) is 35.4 Å². The molecule has 24 heteroatoms. The summed E-state index contributed by atoms with van der Waals surface area (Å²) < 4.78 is 10.4. The van der Waals surface area contributed by atoms with Gasteiger partial charge in [-0.1, -0.05) is 95.2 Å². The zero-order valence-corrected chi connectivity index (χ0v) is 46.0. The van der Waals surface area contributed by atoms with Crippen LogP contribution in [0, 0.1) is 24.7 Å². The van der Waals surface area contributed by atoms with Crippen LogP contribution in [-0.2, 0) is 51.3 Å². The lowest BCUT2D eigenvalue weighted by atomic mass is 9.85. The second-order valence-corrected chi connectivity index (χ2v) is 22.4. The summed E-state index contributed by atoms with van der Waals surface area (Å²) in [6.07, 6.45) is -1.45. The summed E-state index contributed by atoms with van der Waals surface area (Å²) in [5, 5.41) is 35.2. The molecule has 8 N–H and O–H groups in total. The number of benzene rings is 2. The zero-order valence-electron chi connectivity index (χ0n) is 44.4. The van der Waals surface area contributed by atoms with Gasteiger partial charge in [0.05, 0.1) is 57.6 Å². The van der Waals surface area contributed by atoms with Crippen LogP contribution in [0.4, 0.5) is 0 Å². The summed E-state index contributed by atoms with van der Waals surface area (Å²) in [6.45, 7) is 15.5. The number of nitrogens with two attached hydrogens (primary N) is 1. The molecule has 4 aromatic rings. The number of rotatable bonds is 21. The molecular weight excluding hydrogens is 1020 g/mol. The second kappa shape index (κ2) is 28.1. The van der Waals surface area contributed by atoms with Crippen LogP contribution in [-0.4, -0.2) is 154 Å². The molecule has 0 radical (unpaired) electrons. The number of nitrogens with zero attached hydrogens (tertiary/aromatic N) is 7. The highest BCUT2D eigenvalue weighted by Gasteiger charge is 2.46. The molecule has 0 aliphatic carbocycles. The molecule has 4 heterocycles. The maximum atomic E-state index is 13.6. The minimum atomic E-state index is -0.950. The Hall–Kier alpha value is -6.37. The Morgan fingerprint density at radius 2 is 1.11 bits per heavy atom. The largest absolute Gasteiger partial charge is 0.391 e. The molecule has 22 nitrogen and oxygen atoms in total. The molecule has 0 spiro atoms. The number of azide groups is 1. The van der Waals surface area contributed by atoms with Gasteiger partial charge >= 0.3 is 0 Å². The summed E-state index contributed by atoms with van der Waals surface area (Å²) in [5.74, 6) is -2.55. The number of aliphatic hydroxyl groups excluding tert-OH is 2. The average molecular weight is 1090 g/mol. The fraction of sp³-hybridized carbons (Fsp3) is 0.538. The van der Waals surface area contributed by atoms with Crippen molar-refractivity contribution in [3.05, 3.63) is 92.5 Å². The van der Waals surface area contributed by atoms with E-state index < -0.39 is 70.8 Å². The van der Waals surface area contributed by atoms with Gasteiger partial charge in [-0.05, 0) is 52.5 Å². The maximum absolute atomic E-state index is 13.6. The molecule has 2 saturated heterocycles. The molecule has 0 unspecified atom stereocenters. The van der Waals surface area contributed by atoms with Gasteiger partial charge in [0.25, 0.3) is 0 Å². The Morgan fingerprint density at radius 1 is 0.711 bits per heavy atom. The van der Waals surface area contributed by atoms with E-state index in [4.69, 9.17) is 20.7 Å². The second-order valence-electron chi connectivity index (χ2n) is 20.7. The lowest BCUT2D eigenvalue weighted by Gasteiger charge is -2.35. The number of likely N-dealkylation sites (tertiary alicyclic amines) is 2. The van der Waals surface area contributed by atoms with Crippen molar-refractivity contribution in [2.24, 2.45) is 21.7 Å². The Kier molecular flexibility index (Phi) is 22.4. The fourth-order valence-corrected chi connectivity index (χ4v) is 10.2. The number of nitrogens with one attached hydrogen (secondary N) is 4. The van der Waals surface area contributed by atoms with E-state index in [9.17, 15) is 39.0 Å². The van der Waals surface area contributed by atoms with Crippen molar-refractivity contribution >= 4 is 58.1 Å². The topological polar surface area (TPSA) is 317 Å². The third-order valence-corrected chi connectivity index (χ3v) is 14.5. The molecule has 6 atom stereocenters. The number of ether oxygens (including phenoxy) is 2. The van der Waals surface area contributed by atoms with E-state index in [0.29, 0.717) is 0 Å². The van der Waals surface area contributed by atoms with Gasteiger partial charge < -0.3 is 56.5 Å². The van der Waals surface area contributed by atoms with Crippen molar-refractivity contribution in [1.82, 2.24) is 41.0 Å². The van der Waals surface area contributed by atoms with Gasteiger partial charge in [-0.25, -0.2) is 9.97 Å². The van der Waals surface area contributed by atoms with Crippen LogP contribution in [0.2, 0.25) is 0 Å². The summed E-state index contributed by atoms with van der Waals surface area (Å²) in [7, 11) is 0. The first-order valence-corrected chi connectivity index (χ1v) is 26.7. The van der Waals surface area contributed by atoms with E-state index in [0.717, 1.165) is 43.4 Å². The summed E-state index contributed by atoms with van der Waals surface area (Å²) >= 11 is 3.15. The Bertz CT molecular complexity index is 2640. The van der Waals surface area contributed by atoms with Gasteiger partial charge in [-0.2, -0.15) is 0 Å². The molecule has 2 aliphatic rings. The van der Waals surface area contributed by atoms with Crippen LogP contribution in [0.25, 0.3) is 31.3 Å². The van der Waals surface area contributed by atoms with Gasteiger partial charge in [0, 0.05) is 57.0 Å². The summed E-state index contributed by atoms with van der Waals surface area (Å²) in [4.78, 5) is 94.3. The van der Waals surface area contributed by atoms with Gasteiger partial charge in [-0.3, -0.25) is 28.8 Å². The van der Waals surface area contributed by atoms with Gasteiger partial charge in [0.15, 0.2) is 0 Å². The predicted octanol–water partition coefficient (Wildman–Crippen LogP) is 3.76. The number of carbonyl (C=O) groups is 6. The van der Waals surface area contributed by atoms with Crippen molar-refractivity contribution < 1.29 is 48.5 Å². The van der Waals surface area contributed by atoms with Crippen molar-refractivity contribution in [1.29, 1.82) is 0 Å². The lowest BCUT2D eigenvalue weighted by molar-refractivity contribution is -0.144. The first kappa shape index (κ1) is 60.5. The number of aryl methyl sites for hydroxylation is 2. The Labute approximate surface area is 451 Å². The van der Waals surface area contributed by atoms with Crippen molar-refractivity contribution in [3.63, 3.8) is 0 Å². The standard InChI is InChI=1S/C26H35N7O5S.C26H37N5O5S/c1-16-22(39-15-29-16)18-7-5-17(6-8-18)12-28-24(36)20-11-19(34)13-33(20)25(37)23(26(2,3)4)31-21(35)14-38-10-9-30-32-27;1-16-22(37-15-29-16)18-7-5-17(6-8-18)12-28-24(34)20-11-19(32)13-31(20)25(35)23(26(2,3)4)30-21(33)14-36-10-9-27/h5-8,15,19-20,23,34H,9-14H2,1-4H3,(H,28,36)(H,31,35);5-8,15,19-20,23,32H,9-14,27H2,1-4H3,(H,28,34)(H,30,33)/t2*19-,20+,23-/m11/s1. The molecule has 6 rings (SSSR count). The minimum Gasteiger partial charge on any atom is -0.391 e. The molecule has 2 fully saturated rings. The molecule has 0 bridgehead atoms. The highest BCUT2D eigenvalue weighted by atomic mass is 32.1. The molecule has 2 aromatic carbocycles. The van der Waals surface area contributed by atoms with E-state index in [2.05, 4.69) is 41.3 Å². The molecule has 76 heavy (non-hydrogen) atoms. The van der Waals surface area contributed by atoms with Crippen LogP contribution in [0.3, 0.4) is 0 Å². The highest BCUT2D eigenvalue weighted by Crippen LogP contribution is 2.31. The average Bonchev–Trinajstić information content (AvgIpc) is 4.20. The molecule has 0 saturated carbocycles. The maximum Gasteiger partial charge on any atom is 0.246 e. The number of aromatic nitrogens is 2. The predicted molar refractivity (Wildman–Crippen MR) is 288 cm³/mol. The molecule has 6 amide bonds. The Morgan fingerprint density at radius 3 is 1.45 bits per heavy atom. The SMILES string of the molecule is Cc1ncsc1-c1ccc(CNC(=O)[C@@H]2C[C@@H](O)CN2C(=O)[C@@H](NC(=O)COCCN)C(C)(C)C)cc1.Cc1ncsc1-c1ccc(CNC(=O)[C@@H]2C[C@@H](O)CN2C(=O)[C@@H](NC(=O)COCCN=[N+]=[N-])C(C)(C)C)cc1. The van der Waals surface area contributed by atoms with Crippen molar-refractivity contribution in [2.75, 3.05) is 52.6 Å². The van der Waals surface area contributed by atoms with Crippen LogP contribution < -0.4 is 27.0 Å². The van der Waals surface area contributed by atoms with Gasteiger partial charge in [0.1, 0.15) is 37.4 Å². The van der Waals surface area contributed by atoms with E-state index in [1.807, 2.05) is 88.7 Å². The quantitative estimate of drug-likeness (QED) is 0.0271. The third kappa shape index (κ3) is 17.3. The Balaban J connectivity index is 0.000000281. The van der Waals surface area contributed by atoms with E-state index >= 15 is 0 Å². The minimum absolute atomic E-state index is 0.00900.